The van der Waals surface area contributed by atoms with Crippen molar-refractivity contribution in [1.82, 2.24) is 5.01 Å². The topological polar surface area (TPSA) is 292 Å². The van der Waals surface area contributed by atoms with E-state index < -0.39 is 93.2 Å². The van der Waals surface area contributed by atoms with Gasteiger partial charge < -0.3 is 45.2 Å². The number of nitro groups is 2. The van der Waals surface area contributed by atoms with Crippen molar-refractivity contribution in [1.29, 1.82) is 0 Å². The van der Waals surface area contributed by atoms with E-state index in [1.165, 1.54) is 19.7 Å². The Balaban J connectivity index is 1.06. The monoisotopic (exact) mass is 958 g/mol. The maximum atomic E-state index is 14.6. The van der Waals surface area contributed by atoms with Crippen LogP contribution in [0, 0.1) is 75.7 Å². The van der Waals surface area contributed by atoms with Gasteiger partial charge >= 0.3 is 17.6 Å². The zero-order chi connectivity index (χ0) is 50.1. The normalized spacial score (nSPS) is 38.2. The number of esters is 2. The van der Waals surface area contributed by atoms with E-state index in [0.717, 1.165) is 56.0 Å². The number of allylic oxidation sites excluding steroid dienone is 2. The second-order valence-electron chi connectivity index (χ2n) is 22.6. The van der Waals surface area contributed by atoms with Crippen LogP contribution in [0.15, 0.2) is 29.1 Å². The van der Waals surface area contributed by atoms with Crippen LogP contribution in [0.2, 0.25) is 0 Å². The van der Waals surface area contributed by atoms with Crippen molar-refractivity contribution < 1.29 is 63.9 Å². The maximum Gasteiger partial charge on any atom is 0.321 e. The van der Waals surface area contributed by atoms with Crippen LogP contribution in [-0.4, -0.2) is 116 Å². The largest absolute Gasteiger partial charge is 0.569 e. The highest BCUT2D eigenvalue weighted by molar-refractivity contribution is 5.79. The van der Waals surface area contributed by atoms with Crippen LogP contribution in [0.5, 0.6) is 5.75 Å². The van der Waals surface area contributed by atoms with Gasteiger partial charge in [0, 0.05) is 18.0 Å². The number of carbonyl (C=O) groups is 2. The first-order chi connectivity index (χ1) is 31.7. The predicted octanol–water partition coefficient (Wildman–Crippen LogP) is 6.09. The second kappa shape index (κ2) is 18.2. The number of carbonyl (C=O) groups excluding carboxylic acids is 2. The summed E-state index contributed by atoms with van der Waals surface area (Å²) in [7, 11) is 2.72. The number of benzene rings is 1. The van der Waals surface area contributed by atoms with E-state index in [1.54, 1.807) is 0 Å². The third kappa shape index (κ3) is 8.57. The van der Waals surface area contributed by atoms with Crippen LogP contribution in [0.1, 0.15) is 119 Å². The number of aliphatic hydroxyl groups excluding tert-OH is 4. The van der Waals surface area contributed by atoms with E-state index in [9.17, 15) is 55.5 Å². The molecule has 0 radical (unpaired) electrons. The van der Waals surface area contributed by atoms with Gasteiger partial charge in [-0.2, -0.15) is 5.01 Å². The Morgan fingerprint density at radius 1 is 0.868 bits per heavy atom. The summed E-state index contributed by atoms with van der Waals surface area (Å²) in [5.41, 5.74) is -2.18. The molecule has 5 aliphatic carbocycles. The number of anilines is 1. The molecule has 1 heterocycles. The molecule has 7 rings (SSSR count). The fraction of sp³-hybridized carbons (Fsp3) is 0.787. The molecule has 1 saturated heterocycles. The number of nitrogens with zero attached hydrogens (tertiary/aromatic N) is 5. The summed E-state index contributed by atoms with van der Waals surface area (Å²) in [6, 6.07) is 1.68. The molecule has 68 heavy (non-hydrogen) atoms. The number of ether oxygens (including phenoxy) is 3. The Morgan fingerprint density at radius 3 is 2.19 bits per heavy atom. The van der Waals surface area contributed by atoms with Gasteiger partial charge in [0.2, 0.25) is 17.3 Å². The van der Waals surface area contributed by atoms with E-state index in [1.807, 2.05) is 0 Å². The van der Waals surface area contributed by atoms with E-state index in [-0.39, 0.29) is 63.0 Å². The summed E-state index contributed by atoms with van der Waals surface area (Å²) in [5.74, 6) is -1.17. The van der Waals surface area contributed by atoms with Gasteiger partial charge in [-0.1, -0.05) is 60.1 Å². The minimum atomic E-state index is -1.69. The lowest BCUT2D eigenvalue weighted by atomic mass is 9.33. The molecule has 0 amide bonds. The number of aliphatic hydroxyl groups is 4. The van der Waals surface area contributed by atoms with Crippen molar-refractivity contribution >= 4 is 29.0 Å². The van der Waals surface area contributed by atoms with Crippen LogP contribution in [-0.2, 0) is 23.8 Å². The highest BCUT2D eigenvalue weighted by Crippen LogP contribution is 2.76. The molecule has 0 bridgehead atoms. The SMILES string of the molecule is CN(C)/[N+]([O-])=N\Oc1cc(NCCC(=O)O[C@H]2CC[C@]3(C)[C@H]4CC=C5[C@@H]6CC(C)(C)CC[C@]6(C(=O)O[C@@H]6O[C@H](CO)[C@H](O)[C@H](O)[C@H]6O)CC[C@@]5(C)[C@]4(C)CC[C@H]3C2(C)C)c([N+](=O)[O-])cc1[N+](=O)[O-]. The van der Waals surface area contributed by atoms with Crippen LogP contribution >= 0.6 is 0 Å². The minimum Gasteiger partial charge on any atom is -0.569 e. The van der Waals surface area contributed by atoms with Gasteiger partial charge in [0.15, 0.2) is 0 Å². The minimum absolute atomic E-state index is 0.0259. The standard InChI is InChI=1S/C47H70N6O15/c1-42(2)17-19-47(41(59)67-40-39(58)38(57)37(56)32(25-54)65-40)20-18-45(6)26(27(47)24-42)10-11-34-44(5)15-13-35(43(3,4)33(44)12-16-46(34,45)7)66-36(55)14-21-48-28-22-31(68-49-53(64)50(8)9)30(52(62)63)23-29(28)51(60)61/h10,22-23,27,32-35,37-40,48,54,56-58H,11-21,24-25H2,1-9H3/b53-49+/t27-,32+,33-,34+,35-,37-,38-,39+,40-,44-,45+,46+,47-/m0/s1. The predicted molar refractivity (Wildman–Crippen MR) is 242 cm³/mol. The lowest BCUT2D eigenvalue weighted by Crippen LogP contribution is -2.65. The Hall–Kier alpha value is -4.70. The molecule has 21 heteroatoms. The molecule has 6 aliphatic rings. The number of fused-ring (bicyclic) bond motifs is 7. The lowest BCUT2D eigenvalue weighted by Gasteiger charge is -2.71. The van der Waals surface area contributed by atoms with Gasteiger partial charge in [0.05, 0.1) is 47.4 Å². The molecule has 0 unspecified atom stereocenters. The molecule has 1 aliphatic heterocycles. The molecule has 0 spiro atoms. The Kier molecular flexibility index (Phi) is 13.7. The quantitative estimate of drug-likeness (QED) is 0.0373. The first kappa shape index (κ1) is 51.2. The van der Waals surface area contributed by atoms with Crippen molar-refractivity contribution in [2.75, 3.05) is 32.6 Å². The molecule has 4 saturated carbocycles. The smallest absolute Gasteiger partial charge is 0.321 e. The lowest BCUT2D eigenvalue weighted by molar-refractivity contribution is -0.695. The zero-order valence-electron chi connectivity index (χ0n) is 40.6. The molecular weight excluding hydrogens is 889 g/mol. The van der Waals surface area contributed by atoms with E-state index in [2.05, 4.69) is 65.1 Å². The van der Waals surface area contributed by atoms with Crippen LogP contribution in [0.4, 0.5) is 17.1 Å². The molecule has 1 aromatic carbocycles. The Bertz CT molecular complexity index is 2220. The Morgan fingerprint density at radius 2 is 1.54 bits per heavy atom. The number of hydrogen-bond donors (Lipinski definition) is 5. The van der Waals surface area contributed by atoms with Crippen molar-refractivity contribution in [2.45, 2.75) is 156 Å². The second-order valence-corrected chi connectivity index (χ2v) is 22.6. The summed E-state index contributed by atoms with van der Waals surface area (Å²) in [4.78, 5) is 55.1. The fourth-order valence-corrected chi connectivity index (χ4v) is 13.9. The zero-order valence-corrected chi connectivity index (χ0v) is 40.6. The van der Waals surface area contributed by atoms with Gasteiger partial charge in [-0.05, 0) is 104 Å². The summed E-state index contributed by atoms with van der Waals surface area (Å²) in [6.45, 7) is 15.3. The third-order valence-electron chi connectivity index (χ3n) is 18.0. The summed E-state index contributed by atoms with van der Waals surface area (Å²) in [5, 5.41) is 84.1. The fourth-order valence-electron chi connectivity index (χ4n) is 13.9. The third-order valence-corrected chi connectivity index (χ3v) is 18.0. The molecule has 378 valence electrons. The van der Waals surface area contributed by atoms with E-state index in [0.29, 0.717) is 25.3 Å². The number of hydrazine groups is 1. The van der Waals surface area contributed by atoms with Crippen molar-refractivity contribution in [3.63, 3.8) is 0 Å². The van der Waals surface area contributed by atoms with Crippen LogP contribution in [0.3, 0.4) is 0 Å². The van der Waals surface area contributed by atoms with E-state index >= 15 is 0 Å². The summed E-state index contributed by atoms with van der Waals surface area (Å²) < 4.78 is 17.9. The molecule has 13 atom stereocenters. The average Bonchev–Trinajstić information content (AvgIpc) is 3.26. The number of hydrogen-bond acceptors (Lipinski definition) is 17. The van der Waals surface area contributed by atoms with Gasteiger partial charge in [0.1, 0.15) is 42.3 Å². The average molecular weight is 959 g/mol. The van der Waals surface area contributed by atoms with E-state index in [4.69, 9.17) is 19.0 Å². The molecular formula is C47H70N6O15. The van der Waals surface area contributed by atoms with Crippen LogP contribution < -0.4 is 10.2 Å². The highest BCUT2D eigenvalue weighted by atomic mass is 16.7. The molecule has 0 aromatic heterocycles. The van der Waals surface area contributed by atoms with Crippen molar-refractivity contribution in [2.24, 2.45) is 55.5 Å². The number of nitrogens with one attached hydrogen (secondary N) is 1. The number of rotatable bonds is 13. The first-order valence-electron chi connectivity index (χ1n) is 23.8. The highest BCUT2D eigenvalue weighted by Gasteiger charge is 2.70. The van der Waals surface area contributed by atoms with Crippen LogP contribution in [0.25, 0.3) is 0 Å². The summed E-state index contributed by atoms with van der Waals surface area (Å²) in [6.07, 6.45) is 1.71. The Labute approximate surface area is 396 Å². The van der Waals surface area contributed by atoms with Crippen molar-refractivity contribution in [3.8, 4) is 5.75 Å². The van der Waals surface area contributed by atoms with Gasteiger partial charge in [-0.15, -0.1) is 0 Å². The van der Waals surface area contributed by atoms with Gasteiger partial charge in [0.25, 0.3) is 5.69 Å². The number of nitro benzene ring substituents is 2. The maximum absolute atomic E-state index is 14.6. The molecule has 5 fully saturated rings. The summed E-state index contributed by atoms with van der Waals surface area (Å²) >= 11 is 0. The molecule has 1 aromatic rings. The van der Waals surface area contributed by atoms with Gasteiger partial charge in [-0.25, -0.2) is 0 Å². The van der Waals surface area contributed by atoms with Gasteiger partial charge in [-0.3, -0.25) is 34.7 Å². The van der Waals surface area contributed by atoms with Crippen molar-refractivity contribution in [3.05, 3.63) is 49.2 Å². The molecule has 21 nitrogen and oxygen atoms in total. The molecule has 5 N–H and O–H groups in total. The first-order valence-corrected chi connectivity index (χ1v) is 23.8.